The zero-order valence-electron chi connectivity index (χ0n) is 26.4. The van der Waals surface area contributed by atoms with E-state index in [0.717, 1.165) is 53.1 Å². The van der Waals surface area contributed by atoms with Crippen LogP contribution in [-0.2, 0) is 5.54 Å². The lowest BCUT2D eigenvalue weighted by molar-refractivity contribution is -0.274. The van der Waals surface area contributed by atoms with E-state index in [9.17, 15) is 18.0 Å². The molecule has 1 aliphatic heterocycles. The highest BCUT2D eigenvalue weighted by Crippen LogP contribution is 2.46. The number of rotatable bonds is 8. The number of amides is 2. The van der Waals surface area contributed by atoms with Gasteiger partial charge in [-0.3, -0.25) is 0 Å². The number of aliphatic imine (C=N–C) groups is 1. The average Bonchev–Trinajstić information content (AvgIpc) is 3.64. The number of urea groups is 1. The van der Waals surface area contributed by atoms with Crippen LogP contribution in [0, 0.1) is 0 Å². The molecule has 0 spiro atoms. The molecule has 1 atom stereocenters. The van der Waals surface area contributed by atoms with Gasteiger partial charge in [-0.1, -0.05) is 49.9 Å². The molecule has 4 aromatic rings. The van der Waals surface area contributed by atoms with Gasteiger partial charge < -0.3 is 19.7 Å². The van der Waals surface area contributed by atoms with Crippen molar-refractivity contribution in [2.24, 2.45) is 4.99 Å². The second-order valence-electron chi connectivity index (χ2n) is 12.0. The second-order valence-corrected chi connectivity index (χ2v) is 13.0. The van der Waals surface area contributed by atoms with Crippen molar-refractivity contribution in [2.75, 3.05) is 17.8 Å². The molecule has 2 aliphatic rings. The normalized spacial score (nSPS) is 18.3. The third kappa shape index (κ3) is 7.24. The van der Waals surface area contributed by atoms with E-state index in [0.29, 0.717) is 16.7 Å². The molecule has 2 heterocycles. The summed E-state index contributed by atoms with van der Waals surface area (Å²) in [6.07, 6.45) is -0.691. The first-order valence-electron chi connectivity index (χ1n) is 15.3. The van der Waals surface area contributed by atoms with E-state index < -0.39 is 11.9 Å². The number of hydrogen-bond acceptors (Lipinski definition) is 6. The Labute approximate surface area is 275 Å². The minimum absolute atomic E-state index is 0.177. The topological polar surface area (TPSA) is 93.9 Å². The first kappa shape index (κ1) is 32.4. The number of thioether (sulfide) groups is 1. The molecule has 0 radical (unpaired) electrons. The smallest absolute Gasteiger partial charge is 0.497 e. The number of halogens is 3. The van der Waals surface area contributed by atoms with Gasteiger partial charge in [0.2, 0.25) is 0 Å². The Kier molecular flexibility index (Phi) is 8.93. The van der Waals surface area contributed by atoms with Crippen LogP contribution in [0.1, 0.15) is 57.1 Å². The molecule has 2 amide bonds. The molecule has 47 heavy (non-hydrogen) atoms. The van der Waals surface area contributed by atoms with Crippen LogP contribution in [0.15, 0.2) is 78.0 Å². The monoisotopic (exact) mass is 664 g/mol. The van der Waals surface area contributed by atoms with Crippen molar-refractivity contribution in [3.05, 3.63) is 84.2 Å². The van der Waals surface area contributed by atoms with Gasteiger partial charge in [-0.15, -0.1) is 18.3 Å². The molecule has 1 aliphatic carbocycles. The number of ether oxygens (including phenoxy) is 2. The van der Waals surface area contributed by atoms with Crippen LogP contribution in [0.5, 0.6) is 11.5 Å². The van der Waals surface area contributed by atoms with Gasteiger partial charge in [0.25, 0.3) is 0 Å². The number of hydrogen-bond donors (Lipinski definition) is 1. The molecule has 9 nitrogen and oxygen atoms in total. The second kappa shape index (κ2) is 12.9. The maximum absolute atomic E-state index is 13.4. The van der Waals surface area contributed by atoms with Crippen molar-refractivity contribution >= 4 is 28.6 Å². The SMILES string of the molecule is COc1ccc(N2C(=NC(=O)NC3(c4ccc(-c5ncn(-c6ccc(OC(F)(F)F)cc6)n5)cc4)CC3)SCCC2C)c(C(C)C)c1. The Morgan fingerprint density at radius 2 is 1.77 bits per heavy atom. The third-order valence-corrected chi connectivity index (χ3v) is 9.33. The number of alkyl halides is 3. The number of anilines is 1. The first-order valence-corrected chi connectivity index (χ1v) is 16.3. The van der Waals surface area contributed by atoms with Crippen molar-refractivity contribution < 1.29 is 27.4 Å². The summed E-state index contributed by atoms with van der Waals surface area (Å²) in [4.78, 5) is 24.6. The summed E-state index contributed by atoms with van der Waals surface area (Å²) in [6.45, 7) is 6.45. The van der Waals surface area contributed by atoms with Crippen molar-refractivity contribution in [1.29, 1.82) is 0 Å². The molecule has 1 N–H and O–H groups in total. The van der Waals surface area contributed by atoms with Crippen LogP contribution < -0.4 is 19.7 Å². The number of methoxy groups -OCH3 is 1. The molecule has 1 saturated carbocycles. The molecule has 3 aromatic carbocycles. The van der Waals surface area contributed by atoms with Crippen LogP contribution in [-0.4, -0.2) is 51.2 Å². The summed E-state index contributed by atoms with van der Waals surface area (Å²) in [5.74, 6) is 2.07. The Bertz CT molecular complexity index is 1770. The summed E-state index contributed by atoms with van der Waals surface area (Å²) >= 11 is 1.59. The summed E-state index contributed by atoms with van der Waals surface area (Å²) in [5.41, 5.74) is 3.94. The number of amidine groups is 1. The van der Waals surface area contributed by atoms with E-state index in [1.165, 1.54) is 35.3 Å². The molecule has 2 fully saturated rings. The Morgan fingerprint density at radius 3 is 2.40 bits per heavy atom. The fourth-order valence-corrected chi connectivity index (χ4v) is 6.87. The standard InChI is InChI=1S/C34H35F3N6O3S/c1-21(2)28-19-27(45-4)13-14-29(28)43-22(3)15-18-47-32(43)39-31(44)40-33(16-17-33)24-7-5-23(6-8-24)30-38-20-42(41-30)25-9-11-26(12-10-25)46-34(35,36)37/h5-14,19-22H,15-18H2,1-4H3,(H,40,44). The van der Waals surface area contributed by atoms with E-state index in [-0.39, 0.29) is 23.7 Å². The Hall–Kier alpha value is -4.52. The lowest BCUT2D eigenvalue weighted by atomic mass is 9.99. The summed E-state index contributed by atoms with van der Waals surface area (Å²) in [5, 5.41) is 8.34. The van der Waals surface area contributed by atoms with Crippen molar-refractivity contribution in [3.8, 4) is 28.6 Å². The van der Waals surface area contributed by atoms with Crippen molar-refractivity contribution in [2.45, 2.75) is 63.9 Å². The Balaban J connectivity index is 1.16. The lowest BCUT2D eigenvalue weighted by Gasteiger charge is -2.37. The summed E-state index contributed by atoms with van der Waals surface area (Å²) in [7, 11) is 1.66. The predicted octanol–water partition coefficient (Wildman–Crippen LogP) is 8.05. The lowest BCUT2D eigenvalue weighted by Crippen LogP contribution is -2.43. The number of aromatic nitrogens is 3. The first-order chi connectivity index (χ1) is 22.4. The van der Waals surface area contributed by atoms with Crippen LogP contribution in [0.3, 0.4) is 0 Å². The van der Waals surface area contributed by atoms with Gasteiger partial charge in [0.15, 0.2) is 11.0 Å². The summed E-state index contributed by atoms with van der Waals surface area (Å²) in [6, 6.07) is 18.9. The molecule has 1 unspecified atom stereocenters. The number of carbonyl (C=O) groups excluding carboxylic acids is 1. The highest BCUT2D eigenvalue weighted by Gasteiger charge is 2.46. The van der Waals surface area contributed by atoms with E-state index in [1.54, 1.807) is 18.9 Å². The van der Waals surface area contributed by atoms with E-state index in [2.05, 4.69) is 62.9 Å². The van der Waals surface area contributed by atoms with E-state index >= 15 is 0 Å². The Morgan fingerprint density at radius 1 is 1.06 bits per heavy atom. The highest BCUT2D eigenvalue weighted by molar-refractivity contribution is 8.14. The van der Waals surface area contributed by atoms with Crippen molar-refractivity contribution in [1.82, 2.24) is 20.1 Å². The molecule has 1 saturated heterocycles. The predicted molar refractivity (Wildman–Crippen MR) is 176 cm³/mol. The minimum Gasteiger partial charge on any atom is -0.497 e. The van der Waals surface area contributed by atoms with Crippen LogP contribution >= 0.6 is 11.8 Å². The van der Waals surface area contributed by atoms with Crippen LogP contribution in [0.25, 0.3) is 17.1 Å². The third-order valence-electron chi connectivity index (χ3n) is 8.35. The molecule has 246 valence electrons. The largest absolute Gasteiger partial charge is 0.573 e. The van der Waals surface area contributed by atoms with Gasteiger partial charge in [0.1, 0.15) is 17.8 Å². The van der Waals surface area contributed by atoms with Gasteiger partial charge in [-0.05, 0) is 85.7 Å². The van der Waals surface area contributed by atoms with Gasteiger partial charge in [0, 0.05) is 23.0 Å². The van der Waals surface area contributed by atoms with E-state index in [4.69, 9.17) is 4.74 Å². The minimum atomic E-state index is -4.76. The molecule has 1 aromatic heterocycles. The highest BCUT2D eigenvalue weighted by atomic mass is 32.2. The molecule has 6 rings (SSSR count). The van der Waals surface area contributed by atoms with E-state index in [1.807, 2.05) is 30.3 Å². The number of nitrogens with one attached hydrogen (secondary N) is 1. The quantitative estimate of drug-likeness (QED) is 0.204. The average molecular weight is 665 g/mol. The van der Waals surface area contributed by atoms with Gasteiger partial charge >= 0.3 is 12.4 Å². The van der Waals surface area contributed by atoms with Gasteiger partial charge in [-0.2, -0.15) is 4.99 Å². The molecule has 0 bridgehead atoms. The fourth-order valence-electron chi connectivity index (χ4n) is 5.66. The van der Waals surface area contributed by atoms with Gasteiger partial charge in [0.05, 0.1) is 18.3 Å². The van der Waals surface area contributed by atoms with Crippen molar-refractivity contribution in [3.63, 3.8) is 0 Å². The van der Waals surface area contributed by atoms with Crippen LogP contribution in [0.4, 0.5) is 23.7 Å². The maximum Gasteiger partial charge on any atom is 0.573 e. The number of nitrogens with zero attached hydrogens (tertiary/aromatic N) is 5. The molecular formula is C34H35F3N6O3S. The summed E-state index contributed by atoms with van der Waals surface area (Å²) < 4.78 is 48.3. The fraction of sp³-hybridized carbons (Fsp3) is 0.353. The number of carbonyl (C=O) groups is 1. The van der Waals surface area contributed by atoms with Crippen LogP contribution in [0.2, 0.25) is 0 Å². The molecule has 13 heteroatoms. The number of benzene rings is 3. The zero-order valence-corrected chi connectivity index (χ0v) is 27.2. The van der Waals surface area contributed by atoms with Gasteiger partial charge in [-0.25, -0.2) is 14.5 Å². The molecular weight excluding hydrogens is 629 g/mol. The maximum atomic E-state index is 13.4. The zero-order chi connectivity index (χ0) is 33.3.